The Morgan fingerprint density at radius 2 is 2.05 bits per heavy atom. The fourth-order valence-corrected chi connectivity index (χ4v) is 2.94. The molecule has 2 unspecified atom stereocenters. The van der Waals surface area contributed by atoms with Gasteiger partial charge in [-0.15, -0.1) is 24.0 Å². The predicted octanol–water partition coefficient (Wildman–Crippen LogP) is 2.46. The number of rotatable bonds is 2. The lowest BCUT2D eigenvalue weighted by atomic mass is 9.92. The highest BCUT2D eigenvalue weighted by molar-refractivity contribution is 14.0. The number of nitrogens with zero attached hydrogens (tertiary/aromatic N) is 4. The van der Waals surface area contributed by atoms with Crippen LogP contribution in [0.5, 0.6) is 0 Å². The zero-order valence-corrected chi connectivity index (χ0v) is 15.7. The van der Waals surface area contributed by atoms with Crippen molar-refractivity contribution in [1.29, 1.82) is 0 Å². The van der Waals surface area contributed by atoms with Crippen molar-refractivity contribution in [1.82, 2.24) is 20.2 Å². The molecule has 118 valence electrons. The molecule has 1 aromatic rings. The summed E-state index contributed by atoms with van der Waals surface area (Å²) in [7, 11) is 1.84. The van der Waals surface area contributed by atoms with Gasteiger partial charge in [-0.1, -0.05) is 13.8 Å². The second-order valence-electron chi connectivity index (χ2n) is 5.85. The number of nitrogens with one attached hydrogen (secondary N) is 1. The Hall–Kier alpha value is -0.920. The third-order valence-electron chi connectivity index (χ3n) is 3.64. The van der Waals surface area contributed by atoms with Gasteiger partial charge in [-0.25, -0.2) is 9.97 Å². The van der Waals surface area contributed by atoms with Crippen molar-refractivity contribution < 1.29 is 0 Å². The molecule has 1 fully saturated rings. The first-order chi connectivity index (χ1) is 9.58. The van der Waals surface area contributed by atoms with Gasteiger partial charge in [0.25, 0.3) is 0 Å². The average molecular weight is 403 g/mol. The summed E-state index contributed by atoms with van der Waals surface area (Å²) >= 11 is 0. The summed E-state index contributed by atoms with van der Waals surface area (Å²) in [5.74, 6) is 3.22. The second-order valence-corrected chi connectivity index (χ2v) is 5.85. The van der Waals surface area contributed by atoms with E-state index in [0.29, 0.717) is 6.54 Å². The van der Waals surface area contributed by atoms with Gasteiger partial charge in [-0.3, -0.25) is 4.99 Å². The van der Waals surface area contributed by atoms with E-state index < -0.39 is 0 Å². The quantitative estimate of drug-likeness (QED) is 0.468. The minimum absolute atomic E-state index is 0. The van der Waals surface area contributed by atoms with Crippen molar-refractivity contribution in [3.05, 3.63) is 23.8 Å². The Kier molecular flexibility index (Phi) is 7.34. The summed E-state index contributed by atoms with van der Waals surface area (Å²) < 4.78 is 0. The summed E-state index contributed by atoms with van der Waals surface area (Å²) in [6.07, 6.45) is 3.10. The molecule has 2 heterocycles. The molecule has 6 heteroatoms. The first-order valence-corrected chi connectivity index (χ1v) is 7.32. The molecule has 5 nitrogen and oxygen atoms in total. The van der Waals surface area contributed by atoms with E-state index in [0.717, 1.165) is 42.4 Å². The van der Waals surface area contributed by atoms with Crippen molar-refractivity contribution >= 4 is 29.9 Å². The molecule has 1 aliphatic heterocycles. The summed E-state index contributed by atoms with van der Waals surface area (Å²) in [5.41, 5.74) is 0.997. The molecule has 0 bridgehead atoms. The SMILES string of the molecule is CN=C(NCc1ccnc(C)n1)N1CC(C)CC(C)C1.I. The largest absolute Gasteiger partial charge is 0.351 e. The third kappa shape index (κ3) is 5.41. The molecule has 0 amide bonds. The summed E-state index contributed by atoms with van der Waals surface area (Å²) in [5, 5.41) is 3.41. The van der Waals surface area contributed by atoms with Gasteiger partial charge in [0.15, 0.2) is 5.96 Å². The van der Waals surface area contributed by atoms with Crippen LogP contribution in [0.1, 0.15) is 31.8 Å². The van der Waals surface area contributed by atoms with Crippen LogP contribution in [0.4, 0.5) is 0 Å². The second kappa shape index (κ2) is 8.51. The lowest BCUT2D eigenvalue weighted by Gasteiger charge is -2.37. The van der Waals surface area contributed by atoms with Gasteiger partial charge in [-0.05, 0) is 31.2 Å². The molecular formula is C15H26IN5. The van der Waals surface area contributed by atoms with E-state index in [-0.39, 0.29) is 24.0 Å². The van der Waals surface area contributed by atoms with E-state index in [4.69, 9.17) is 0 Å². The van der Waals surface area contributed by atoms with Crippen molar-refractivity contribution in [2.24, 2.45) is 16.8 Å². The van der Waals surface area contributed by atoms with E-state index in [9.17, 15) is 0 Å². The molecule has 1 aliphatic rings. The average Bonchev–Trinajstić information content (AvgIpc) is 2.38. The maximum atomic E-state index is 4.41. The van der Waals surface area contributed by atoms with Crippen molar-refractivity contribution in [3.8, 4) is 0 Å². The summed E-state index contributed by atoms with van der Waals surface area (Å²) in [6.45, 7) is 9.37. The number of aliphatic imine (C=N–C) groups is 1. The molecule has 0 saturated carbocycles. The minimum atomic E-state index is 0. The fourth-order valence-electron chi connectivity index (χ4n) is 2.94. The highest BCUT2D eigenvalue weighted by atomic mass is 127. The molecule has 2 rings (SSSR count). The van der Waals surface area contributed by atoms with Gasteiger partial charge in [-0.2, -0.15) is 0 Å². The summed E-state index contributed by atoms with van der Waals surface area (Å²) in [4.78, 5) is 15.3. The number of likely N-dealkylation sites (tertiary alicyclic amines) is 1. The van der Waals surface area contributed by atoms with Crippen LogP contribution >= 0.6 is 24.0 Å². The van der Waals surface area contributed by atoms with Crippen LogP contribution in [0.2, 0.25) is 0 Å². The van der Waals surface area contributed by atoms with Crippen molar-refractivity contribution in [2.75, 3.05) is 20.1 Å². The van der Waals surface area contributed by atoms with E-state index >= 15 is 0 Å². The maximum Gasteiger partial charge on any atom is 0.193 e. The monoisotopic (exact) mass is 403 g/mol. The number of hydrogen-bond acceptors (Lipinski definition) is 3. The first kappa shape index (κ1) is 18.1. The van der Waals surface area contributed by atoms with Crippen LogP contribution < -0.4 is 5.32 Å². The van der Waals surface area contributed by atoms with Gasteiger partial charge >= 0.3 is 0 Å². The van der Waals surface area contributed by atoms with Crippen LogP contribution in [0.15, 0.2) is 17.3 Å². The Balaban J connectivity index is 0.00000220. The van der Waals surface area contributed by atoms with Gasteiger partial charge in [0, 0.05) is 26.3 Å². The predicted molar refractivity (Wildman–Crippen MR) is 96.9 cm³/mol. The number of halogens is 1. The molecule has 0 aromatic carbocycles. The van der Waals surface area contributed by atoms with E-state index in [1.807, 2.05) is 20.0 Å². The Morgan fingerprint density at radius 3 is 2.62 bits per heavy atom. The fraction of sp³-hybridized carbons (Fsp3) is 0.667. The molecule has 2 atom stereocenters. The zero-order chi connectivity index (χ0) is 14.5. The van der Waals surface area contributed by atoms with Crippen LogP contribution in [-0.4, -0.2) is 41.0 Å². The van der Waals surface area contributed by atoms with E-state index in [2.05, 4.69) is 39.0 Å². The molecule has 0 radical (unpaired) electrons. The number of hydrogen-bond donors (Lipinski definition) is 1. The zero-order valence-electron chi connectivity index (χ0n) is 13.3. The van der Waals surface area contributed by atoms with Gasteiger partial charge in [0.2, 0.25) is 0 Å². The van der Waals surface area contributed by atoms with Gasteiger partial charge in [0.05, 0.1) is 12.2 Å². The van der Waals surface area contributed by atoms with Crippen molar-refractivity contribution in [3.63, 3.8) is 0 Å². The number of piperidine rings is 1. The van der Waals surface area contributed by atoms with Crippen LogP contribution in [-0.2, 0) is 6.54 Å². The lowest BCUT2D eigenvalue weighted by Crippen LogP contribution is -2.48. The maximum absolute atomic E-state index is 4.41. The highest BCUT2D eigenvalue weighted by Crippen LogP contribution is 2.20. The van der Waals surface area contributed by atoms with Crippen LogP contribution in [0.25, 0.3) is 0 Å². The van der Waals surface area contributed by atoms with E-state index in [1.54, 1.807) is 6.20 Å². The minimum Gasteiger partial charge on any atom is -0.351 e. The molecule has 21 heavy (non-hydrogen) atoms. The normalized spacial score (nSPS) is 22.7. The third-order valence-corrected chi connectivity index (χ3v) is 3.64. The van der Waals surface area contributed by atoms with E-state index in [1.165, 1.54) is 6.42 Å². The first-order valence-electron chi connectivity index (χ1n) is 7.32. The molecule has 1 N–H and O–H groups in total. The Bertz CT molecular complexity index is 467. The standard InChI is InChI=1S/C15H25N5.HI/c1-11-7-12(2)10-20(9-11)15(16-4)18-8-14-5-6-17-13(3)19-14;/h5-6,11-12H,7-10H2,1-4H3,(H,16,18);1H. The topological polar surface area (TPSA) is 53.4 Å². The highest BCUT2D eigenvalue weighted by Gasteiger charge is 2.23. The van der Waals surface area contributed by atoms with Crippen LogP contribution in [0, 0.1) is 18.8 Å². The Morgan fingerprint density at radius 1 is 1.38 bits per heavy atom. The molecular weight excluding hydrogens is 377 g/mol. The summed E-state index contributed by atoms with van der Waals surface area (Å²) in [6, 6.07) is 1.94. The number of guanidine groups is 1. The number of aromatic nitrogens is 2. The Labute approximate surface area is 144 Å². The van der Waals surface area contributed by atoms with Gasteiger partial charge < -0.3 is 10.2 Å². The molecule has 1 aromatic heterocycles. The molecule has 0 aliphatic carbocycles. The van der Waals surface area contributed by atoms with Crippen LogP contribution in [0.3, 0.4) is 0 Å². The smallest absolute Gasteiger partial charge is 0.193 e. The molecule has 0 spiro atoms. The molecule has 1 saturated heterocycles. The van der Waals surface area contributed by atoms with Gasteiger partial charge in [0.1, 0.15) is 5.82 Å². The number of aryl methyl sites for hydroxylation is 1. The van der Waals surface area contributed by atoms with Crippen molar-refractivity contribution in [2.45, 2.75) is 33.7 Å². The lowest BCUT2D eigenvalue weighted by molar-refractivity contribution is 0.208.